The largest absolute Gasteiger partial charge is 0.493 e. The second-order valence-corrected chi connectivity index (χ2v) is 3.80. The first kappa shape index (κ1) is 12.9. The van der Waals surface area contributed by atoms with Crippen molar-refractivity contribution in [3.05, 3.63) is 42.2 Å². The zero-order valence-electron chi connectivity index (χ0n) is 10.4. The fourth-order valence-electron chi connectivity index (χ4n) is 1.58. The molecule has 1 aromatic heterocycles. The van der Waals surface area contributed by atoms with Crippen molar-refractivity contribution in [3.8, 4) is 11.5 Å². The average molecular weight is 262 g/mol. The van der Waals surface area contributed by atoms with Gasteiger partial charge in [-0.15, -0.1) is 0 Å². The summed E-state index contributed by atoms with van der Waals surface area (Å²) in [6, 6.07) is 7.34. The summed E-state index contributed by atoms with van der Waals surface area (Å²) in [5, 5.41) is 12.7. The molecular formula is C13H14N2O4. The van der Waals surface area contributed by atoms with Crippen LogP contribution in [0.1, 0.15) is 10.4 Å². The summed E-state index contributed by atoms with van der Waals surface area (Å²) in [4.78, 5) is 10.7. The first-order valence-corrected chi connectivity index (χ1v) is 5.72. The van der Waals surface area contributed by atoms with Gasteiger partial charge in [0.2, 0.25) is 0 Å². The zero-order valence-corrected chi connectivity index (χ0v) is 10.4. The van der Waals surface area contributed by atoms with Gasteiger partial charge in [-0.05, 0) is 12.1 Å². The Morgan fingerprint density at radius 1 is 1.37 bits per heavy atom. The van der Waals surface area contributed by atoms with Crippen LogP contribution in [0.4, 0.5) is 0 Å². The molecule has 0 saturated heterocycles. The van der Waals surface area contributed by atoms with Gasteiger partial charge < -0.3 is 14.6 Å². The van der Waals surface area contributed by atoms with Crippen molar-refractivity contribution in [2.45, 2.75) is 6.54 Å². The van der Waals surface area contributed by atoms with E-state index in [-0.39, 0.29) is 5.56 Å². The molecule has 100 valence electrons. The number of nitrogens with zero attached hydrogens (tertiary/aromatic N) is 2. The van der Waals surface area contributed by atoms with E-state index < -0.39 is 5.97 Å². The highest BCUT2D eigenvalue weighted by Crippen LogP contribution is 2.25. The number of carboxylic acid groups (broad SMARTS) is 1. The summed E-state index contributed by atoms with van der Waals surface area (Å²) in [7, 11) is 1.58. The van der Waals surface area contributed by atoms with Gasteiger partial charge in [0.05, 0.1) is 25.4 Å². The number of methoxy groups -OCH3 is 1. The van der Waals surface area contributed by atoms with Gasteiger partial charge in [0.1, 0.15) is 6.61 Å². The van der Waals surface area contributed by atoms with Crippen molar-refractivity contribution in [1.29, 1.82) is 0 Å². The molecule has 0 unspecified atom stereocenters. The third-order valence-electron chi connectivity index (χ3n) is 2.53. The van der Waals surface area contributed by atoms with Gasteiger partial charge in [-0.3, -0.25) is 4.68 Å². The molecule has 6 nitrogen and oxygen atoms in total. The van der Waals surface area contributed by atoms with Crippen molar-refractivity contribution in [2.24, 2.45) is 0 Å². The molecule has 0 atom stereocenters. The van der Waals surface area contributed by atoms with Crippen LogP contribution in [0.3, 0.4) is 0 Å². The van der Waals surface area contributed by atoms with Gasteiger partial charge >= 0.3 is 5.97 Å². The van der Waals surface area contributed by atoms with Crippen LogP contribution in [0.2, 0.25) is 0 Å². The minimum atomic E-state index is -0.989. The molecule has 2 aromatic rings. The normalized spacial score (nSPS) is 10.2. The Morgan fingerprint density at radius 2 is 2.11 bits per heavy atom. The molecule has 19 heavy (non-hydrogen) atoms. The van der Waals surface area contributed by atoms with E-state index in [0.29, 0.717) is 24.7 Å². The first-order chi connectivity index (χ1) is 9.20. The maximum Gasteiger partial charge on any atom is 0.338 e. The van der Waals surface area contributed by atoms with E-state index in [2.05, 4.69) is 5.10 Å². The third kappa shape index (κ3) is 3.25. The van der Waals surface area contributed by atoms with Crippen molar-refractivity contribution in [1.82, 2.24) is 9.78 Å². The second-order valence-electron chi connectivity index (χ2n) is 3.80. The molecule has 0 aliphatic heterocycles. The smallest absolute Gasteiger partial charge is 0.338 e. The maximum atomic E-state index is 10.7. The molecule has 0 aliphatic carbocycles. The topological polar surface area (TPSA) is 73.6 Å². The molecule has 0 radical (unpaired) electrons. The summed E-state index contributed by atoms with van der Waals surface area (Å²) in [6.07, 6.45) is 2.78. The molecule has 0 aliphatic rings. The summed E-state index contributed by atoms with van der Waals surface area (Å²) in [5.41, 5.74) is 0.164. The van der Waals surface area contributed by atoms with Crippen LogP contribution in [0.25, 0.3) is 0 Å². The highest BCUT2D eigenvalue weighted by atomic mass is 16.5. The molecule has 1 aromatic carbocycles. The van der Waals surface area contributed by atoms with E-state index in [9.17, 15) is 4.79 Å². The highest BCUT2D eigenvalue weighted by molar-refractivity contribution is 5.86. The Kier molecular flexibility index (Phi) is 4.02. The maximum absolute atomic E-state index is 10.7. The Balaban J connectivity index is 1.90. The van der Waals surface area contributed by atoms with Gasteiger partial charge in [0, 0.05) is 6.20 Å². The van der Waals surface area contributed by atoms with E-state index in [0.717, 1.165) is 0 Å². The Morgan fingerprint density at radius 3 is 2.74 bits per heavy atom. The van der Waals surface area contributed by atoms with Crippen molar-refractivity contribution in [2.75, 3.05) is 13.7 Å². The van der Waals surface area contributed by atoms with Crippen LogP contribution in [0.15, 0.2) is 36.7 Å². The molecule has 6 heteroatoms. The van der Waals surface area contributed by atoms with Gasteiger partial charge in [0.25, 0.3) is 0 Å². The molecule has 0 bridgehead atoms. The van der Waals surface area contributed by atoms with Crippen molar-refractivity contribution >= 4 is 5.97 Å². The number of rotatable bonds is 6. The molecule has 0 spiro atoms. The number of ether oxygens (including phenoxy) is 2. The molecule has 0 amide bonds. The standard InChI is InChI=1S/C13H14N2O4/c1-18-11-4-2-3-5-12(11)19-7-6-15-9-10(8-14-15)13(16)17/h2-5,8-9H,6-7H2,1H3,(H,16,17). The molecule has 2 rings (SSSR count). The van der Waals surface area contributed by atoms with E-state index in [1.807, 2.05) is 24.3 Å². The lowest BCUT2D eigenvalue weighted by atomic mass is 10.3. The van der Waals surface area contributed by atoms with E-state index >= 15 is 0 Å². The zero-order chi connectivity index (χ0) is 13.7. The number of benzene rings is 1. The van der Waals surface area contributed by atoms with Gasteiger partial charge in [-0.25, -0.2) is 4.79 Å². The Hall–Kier alpha value is -2.50. The lowest BCUT2D eigenvalue weighted by Gasteiger charge is -2.10. The van der Waals surface area contributed by atoms with Crippen LogP contribution < -0.4 is 9.47 Å². The number of aromatic carboxylic acids is 1. The fraction of sp³-hybridized carbons (Fsp3) is 0.231. The number of aromatic nitrogens is 2. The minimum Gasteiger partial charge on any atom is -0.493 e. The number of carboxylic acids is 1. The van der Waals surface area contributed by atoms with E-state index in [4.69, 9.17) is 14.6 Å². The van der Waals surface area contributed by atoms with Crippen LogP contribution in [-0.4, -0.2) is 34.6 Å². The first-order valence-electron chi connectivity index (χ1n) is 5.72. The van der Waals surface area contributed by atoms with Crippen molar-refractivity contribution < 1.29 is 19.4 Å². The lowest BCUT2D eigenvalue weighted by Crippen LogP contribution is -2.09. The summed E-state index contributed by atoms with van der Waals surface area (Å²) >= 11 is 0. The minimum absolute atomic E-state index is 0.164. The molecule has 1 N–H and O–H groups in total. The van der Waals surface area contributed by atoms with E-state index in [1.54, 1.807) is 7.11 Å². The van der Waals surface area contributed by atoms with Crippen molar-refractivity contribution in [3.63, 3.8) is 0 Å². The van der Waals surface area contributed by atoms with Crippen LogP contribution in [0, 0.1) is 0 Å². The van der Waals surface area contributed by atoms with Crippen LogP contribution in [-0.2, 0) is 6.54 Å². The highest BCUT2D eigenvalue weighted by Gasteiger charge is 2.06. The lowest BCUT2D eigenvalue weighted by molar-refractivity contribution is 0.0696. The fourth-order valence-corrected chi connectivity index (χ4v) is 1.58. The monoisotopic (exact) mass is 262 g/mol. The number of hydrogen-bond donors (Lipinski definition) is 1. The van der Waals surface area contributed by atoms with Crippen LogP contribution in [0.5, 0.6) is 11.5 Å². The molecule has 1 heterocycles. The molecular weight excluding hydrogens is 248 g/mol. The van der Waals surface area contributed by atoms with Gasteiger partial charge in [-0.2, -0.15) is 5.10 Å². The summed E-state index contributed by atoms with van der Waals surface area (Å²) < 4.78 is 12.3. The number of carbonyl (C=O) groups is 1. The SMILES string of the molecule is COc1ccccc1OCCn1cc(C(=O)O)cn1. The predicted molar refractivity (Wildman–Crippen MR) is 67.7 cm³/mol. The average Bonchev–Trinajstić information content (AvgIpc) is 2.88. The molecule has 0 fully saturated rings. The Bertz CT molecular complexity index is 565. The second kappa shape index (κ2) is 5.90. The summed E-state index contributed by atoms with van der Waals surface area (Å²) in [6.45, 7) is 0.840. The molecule has 0 saturated carbocycles. The Labute approximate surface area is 110 Å². The predicted octanol–water partition coefficient (Wildman–Crippen LogP) is 1.67. The number of para-hydroxylation sites is 2. The van der Waals surface area contributed by atoms with Gasteiger partial charge in [-0.1, -0.05) is 12.1 Å². The van der Waals surface area contributed by atoms with Crippen LogP contribution >= 0.6 is 0 Å². The quantitative estimate of drug-likeness (QED) is 0.857. The van der Waals surface area contributed by atoms with E-state index in [1.165, 1.54) is 17.1 Å². The van der Waals surface area contributed by atoms with Gasteiger partial charge in [0.15, 0.2) is 11.5 Å². The third-order valence-corrected chi connectivity index (χ3v) is 2.53. The summed E-state index contributed by atoms with van der Waals surface area (Å²) in [5.74, 6) is 0.321. The number of hydrogen-bond acceptors (Lipinski definition) is 4.